The molecule has 122 valence electrons. The molecule has 0 fully saturated rings. The van der Waals surface area contributed by atoms with Crippen LogP contribution in [0.25, 0.3) is 10.2 Å². The van der Waals surface area contributed by atoms with Crippen molar-refractivity contribution < 1.29 is 9.59 Å². The van der Waals surface area contributed by atoms with Crippen molar-refractivity contribution in [1.29, 1.82) is 0 Å². The van der Waals surface area contributed by atoms with Crippen molar-refractivity contribution >= 4 is 33.2 Å². The summed E-state index contributed by atoms with van der Waals surface area (Å²) in [4.78, 5) is 28.7. The maximum Gasteiger partial charge on any atom is 0.279 e. The summed E-state index contributed by atoms with van der Waals surface area (Å²) in [6.45, 7) is 5.62. The topological polar surface area (TPSA) is 51.4 Å². The average Bonchev–Trinajstić information content (AvgIpc) is 2.89. The molecule has 0 atom stereocenters. The van der Waals surface area contributed by atoms with Crippen LogP contribution in [0.1, 0.15) is 38.8 Å². The maximum absolute atomic E-state index is 12.4. The number of rotatable bonds is 2. The van der Waals surface area contributed by atoms with Gasteiger partial charge in [-0.15, -0.1) is 0 Å². The number of Topliss-reactive ketones (excluding diaryl/α,β-unsaturated/α-hetero) is 1. The van der Waals surface area contributed by atoms with Crippen molar-refractivity contribution in [3.05, 3.63) is 63.5 Å². The lowest BCUT2D eigenvalue weighted by atomic mass is 10.1. The highest BCUT2D eigenvalue weighted by molar-refractivity contribution is 7.16. The van der Waals surface area contributed by atoms with Gasteiger partial charge in [-0.25, -0.2) is 0 Å². The number of aromatic nitrogens is 1. The van der Waals surface area contributed by atoms with Crippen LogP contribution in [-0.4, -0.2) is 16.3 Å². The summed E-state index contributed by atoms with van der Waals surface area (Å²) in [5.41, 5.74) is 4.51. The number of benzene rings is 2. The molecule has 4 nitrogen and oxygen atoms in total. The van der Waals surface area contributed by atoms with Gasteiger partial charge in [0.25, 0.3) is 5.91 Å². The second-order valence-corrected chi connectivity index (χ2v) is 6.85. The number of fused-ring (bicyclic) bond motifs is 1. The molecule has 5 heteroatoms. The fraction of sp³-hybridized carbons (Fsp3) is 0.211. The third-order valence-corrected chi connectivity index (χ3v) is 5.35. The van der Waals surface area contributed by atoms with Crippen LogP contribution in [-0.2, 0) is 7.05 Å². The van der Waals surface area contributed by atoms with Crippen molar-refractivity contribution in [2.45, 2.75) is 20.8 Å². The standard InChI is InChI=1S/C19H18N2O2S/c1-11-5-6-12(2)17-16(11)21(4)19(24-17)20-18(23)15-9-7-14(8-10-15)13(3)22/h5-10H,1-4H3. The monoisotopic (exact) mass is 338 g/mol. The first-order valence-corrected chi connectivity index (χ1v) is 8.46. The van der Waals surface area contributed by atoms with Crippen molar-refractivity contribution in [1.82, 2.24) is 4.57 Å². The van der Waals surface area contributed by atoms with E-state index in [4.69, 9.17) is 0 Å². The van der Waals surface area contributed by atoms with Gasteiger partial charge in [0.1, 0.15) is 0 Å². The Morgan fingerprint density at radius 3 is 2.12 bits per heavy atom. The minimum Gasteiger partial charge on any atom is -0.319 e. The van der Waals surface area contributed by atoms with Gasteiger partial charge in [-0.3, -0.25) is 9.59 Å². The van der Waals surface area contributed by atoms with E-state index in [-0.39, 0.29) is 11.7 Å². The molecular formula is C19H18N2O2S. The van der Waals surface area contributed by atoms with Gasteiger partial charge in [-0.1, -0.05) is 35.6 Å². The number of ketones is 1. The molecule has 1 heterocycles. The Bertz CT molecular complexity index is 1020. The molecule has 0 radical (unpaired) electrons. The summed E-state index contributed by atoms with van der Waals surface area (Å²) in [5.74, 6) is -0.324. The molecule has 0 saturated heterocycles. The number of carbonyl (C=O) groups is 2. The molecule has 0 N–H and O–H groups in total. The molecule has 0 aliphatic rings. The van der Waals surface area contributed by atoms with Crippen LogP contribution in [0.2, 0.25) is 0 Å². The van der Waals surface area contributed by atoms with Crippen LogP contribution in [0.4, 0.5) is 0 Å². The molecule has 3 aromatic rings. The highest BCUT2D eigenvalue weighted by Gasteiger charge is 2.10. The zero-order chi connectivity index (χ0) is 17.4. The number of aryl methyl sites for hydroxylation is 3. The SMILES string of the molecule is CC(=O)c1ccc(C(=O)N=c2sc3c(C)ccc(C)c3n2C)cc1. The van der Waals surface area contributed by atoms with Crippen LogP contribution < -0.4 is 4.80 Å². The first-order valence-electron chi connectivity index (χ1n) is 7.64. The third kappa shape index (κ3) is 2.83. The average molecular weight is 338 g/mol. The lowest BCUT2D eigenvalue weighted by Crippen LogP contribution is -2.13. The zero-order valence-electron chi connectivity index (χ0n) is 14.1. The first-order chi connectivity index (χ1) is 11.4. The quantitative estimate of drug-likeness (QED) is 0.667. The summed E-state index contributed by atoms with van der Waals surface area (Å²) in [6.07, 6.45) is 0. The van der Waals surface area contributed by atoms with E-state index in [0.29, 0.717) is 15.9 Å². The molecular weight excluding hydrogens is 320 g/mol. The Kier molecular flexibility index (Phi) is 4.20. The molecule has 2 aromatic carbocycles. The summed E-state index contributed by atoms with van der Waals surface area (Å²) in [7, 11) is 1.93. The van der Waals surface area contributed by atoms with Gasteiger partial charge in [-0.05, 0) is 44.0 Å². The van der Waals surface area contributed by atoms with E-state index >= 15 is 0 Å². The summed E-state index contributed by atoms with van der Waals surface area (Å²) in [5, 5.41) is 0. The van der Waals surface area contributed by atoms with Crippen LogP contribution in [0.5, 0.6) is 0 Å². The predicted molar refractivity (Wildman–Crippen MR) is 96.6 cm³/mol. The zero-order valence-corrected chi connectivity index (χ0v) is 14.9. The molecule has 3 rings (SSSR count). The van der Waals surface area contributed by atoms with Gasteiger partial charge in [0.2, 0.25) is 0 Å². The van der Waals surface area contributed by atoms with Gasteiger partial charge in [0.05, 0.1) is 10.2 Å². The van der Waals surface area contributed by atoms with Gasteiger partial charge in [-0.2, -0.15) is 4.99 Å². The van der Waals surface area contributed by atoms with Crippen LogP contribution in [0, 0.1) is 13.8 Å². The fourth-order valence-corrected chi connectivity index (χ4v) is 3.83. The number of hydrogen-bond donors (Lipinski definition) is 0. The highest BCUT2D eigenvalue weighted by Crippen LogP contribution is 2.24. The first kappa shape index (κ1) is 16.3. The Balaban J connectivity index is 2.08. The van der Waals surface area contributed by atoms with E-state index in [9.17, 15) is 9.59 Å². The second kappa shape index (κ2) is 6.17. The lowest BCUT2D eigenvalue weighted by Gasteiger charge is -2.01. The molecule has 0 unspecified atom stereocenters. The molecule has 0 aliphatic carbocycles. The van der Waals surface area contributed by atoms with E-state index in [1.807, 2.05) is 11.6 Å². The number of nitrogens with zero attached hydrogens (tertiary/aromatic N) is 2. The molecule has 24 heavy (non-hydrogen) atoms. The number of hydrogen-bond acceptors (Lipinski definition) is 3. The van der Waals surface area contributed by atoms with Crippen LogP contribution in [0.15, 0.2) is 41.4 Å². The lowest BCUT2D eigenvalue weighted by molar-refractivity contribution is 0.0991. The Morgan fingerprint density at radius 1 is 0.958 bits per heavy atom. The van der Waals surface area contributed by atoms with Crippen molar-refractivity contribution in [2.24, 2.45) is 12.0 Å². The van der Waals surface area contributed by atoms with Gasteiger partial charge in [0, 0.05) is 18.2 Å². The van der Waals surface area contributed by atoms with Crippen molar-refractivity contribution in [2.75, 3.05) is 0 Å². The molecule has 0 bridgehead atoms. The minimum absolute atomic E-state index is 0.0206. The smallest absolute Gasteiger partial charge is 0.279 e. The Labute approximate surface area is 144 Å². The summed E-state index contributed by atoms with van der Waals surface area (Å²) in [6, 6.07) is 10.8. The number of amides is 1. The maximum atomic E-state index is 12.4. The van der Waals surface area contributed by atoms with Crippen LogP contribution in [0.3, 0.4) is 0 Å². The van der Waals surface area contributed by atoms with E-state index in [1.165, 1.54) is 23.8 Å². The molecule has 1 amide bonds. The van der Waals surface area contributed by atoms with Gasteiger partial charge < -0.3 is 4.57 Å². The third-order valence-electron chi connectivity index (χ3n) is 4.08. The normalized spacial score (nSPS) is 11.9. The number of carbonyl (C=O) groups excluding carboxylic acids is 2. The molecule has 0 spiro atoms. The van der Waals surface area contributed by atoms with Gasteiger partial charge in [0.15, 0.2) is 10.6 Å². The predicted octanol–water partition coefficient (Wildman–Crippen LogP) is 3.80. The van der Waals surface area contributed by atoms with E-state index in [2.05, 4.69) is 31.0 Å². The van der Waals surface area contributed by atoms with Crippen molar-refractivity contribution in [3.63, 3.8) is 0 Å². The Morgan fingerprint density at radius 2 is 1.54 bits per heavy atom. The molecule has 0 saturated carbocycles. The van der Waals surface area contributed by atoms with E-state index in [1.54, 1.807) is 24.3 Å². The highest BCUT2D eigenvalue weighted by atomic mass is 32.1. The fourth-order valence-electron chi connectivity index (χ4n) is 2.67. The Hall–Kier alpha value is -2.53. The second-order valence-electron chi connectivity index (χ2n) is 5.87. The molecule has 1 aromatic heterocycles. The van der Waals surface area contributed by atoms with E-state index in [0.717, 1.165) is 15.8 Å². The van der Waals surface area contributed by atoms with E-state index < -0.39 is 0 Å². The summed E-state index contributed by atoms with van der Waals surface area (Å²) < 4.78 is 3.11. The largest absolute Gasteiger partial charge is 0.319 e. The summed E-state index contributed by atoms with van der Waals surface area (Å²) >= 11 is 1.52. The van der Waals surface area contributed by atoms with Crippen LogP contribution >= 0.6 is 11.3 Å². The number of thiazole rings is 1. The molecule has 0 aliphatic heterocycles. The minimum atomic E-state index is -0.303. The van der Waals surface area contributed by atoms with Gasteiger partial charge >= 0.3 is 0 Å². The van der Waals surface area contributed by atoms with Crippen molar-refractivity contribution in [3.8, 4) is 0 Å².